The number of rotatable bonds is 4. The van der Waals surface area contributed by atoms with Gasteiger partial charge in [-0.05, 0) is 29.5 Å². The monoisotopic (exact) mass is 311 g/mol. The molecule has 3 aromatic rings. The van der Waals surface area contributed by atoms with Crippen LogP contribution in [0.5, 0.6) is 0 Å². The van der Waals surface area contributed by atoms with E-state index in [1.54, 1.807) is 18.2 Å². The standard InChI is InChI=1S/C14H9N5O4/c20-14(21)9-4-6-11(7-5-9)18-16-13(15-17-18)10-2-1-3-12(8-10)19(22)23/h1-8H,(H,20,21). The van der Waals surface area contributed by atoms with Crippen molar-refractivity contribution >= 4 is 11.7 Å². The second-order valence-corrected chi connectivity index (χ2v) is 4.56. The molecule has 0 fully saturated rings. The normalized spacial score (nSPS) is 10.4. The maximum atomic E-state index is 10.8. The number of tetrazole rings is 1. The summed E-state index contributed by atoms with van der Waals surface area (Å²) in [4.78, 5) is 22.3. The van der Waals surface area contributed by atoms with Crippen LogP contribution in [0.4, 0.5) is 5.69 Å². The van der Waals surface area contributed by atoms with Gasteiger partial charge in [0.25, 0.3) is 5.69 Å². The van der Waals surface area contributed by atoms with Crippen molar-refractivity contribution in [2.45, 2.75) is 0 Å². The number of nitrogens with zero attached hydrogens (tertiary/aromatic N) is 5. The molecule has 0 bridgehead atoms. The van der Waals surface area contributed by atoms with Gasteiger partial charge in [-0.3, -0.25) is 10.1 Å². The van der Waals surface area contributed by atoms with Gasteiger partial charge in [0.15, 0.2) is 0 Å². The van der Waals surface area contributed by atoms with Crippen LogP contribution in [0.1, 0.15) is 10.4 Å². The molecule has 1 N–H and O–H groups in total. The number of carboxylic acids is 1. The summed E-state index contributed by atoms with van der Waals surface area (Å²) in [5.41, 5.74) is 1.07. The van der Waals surface area contributed by atoms with Crippen LogP contribution >= 0.6 is 0 Å². The third-order valence-corrected chi connectivity index (χ3v) is 3.07. The first kappa shape index (κ1) is 14.3. The highest BCUT2D eigenvalue weighted by Crippen LogP contribution is 2.20. The van der Waals surface area contributed by atoms with Gasteiger partial charge in [0.2, 0.25) is 5.82 Å². The van der Waals surface area contributed by atoms with Gasteiger partial charge < -0.3 is 5.11 Å². The van der Waals surface area contributed by atoms with E-state index in [9.17, 15) is 14.9 Å². The van der Waals surface area contributed by atoms with E-state index < -0.39 is 10.9 Å². The Morgan fingerprint density at radius 1 is 1.17 bits per heavy atom. The van der Waals surface area contributed by atoms with Crippen LogP contribution in [0.3, 0.4) is 0 Å². The molecule has 1 aromatic heterocycles. The predicted molar refractivity (Wildman–Crippen MR) is 78.2 cm³/mol. The molecule has 3 rings (SSSR count). The molecule has 23 heavy (non-hydrogen) atoms. The summed E-state index contributed by atoms with van der Waals surface area (Å²) >= 11 is 0. The second kappa shape index (κ2) is 5.64. The van der Waals surface area contributed by atoms with Crippen LogP contribution < -0.4 is 0 Å². The van der Waals surface area contributed by atoms with Crippen molar-refractivity contribution in [2.24, 2.45) is 0 Å². The average Bonchev–Trinajstić information content (AvgIpc) is 3.05. The minimum Gasteiger partial charge on any atom is -0.478 e. The van der Waals surface area contributed by atoms with Gasteiger partial charge in [-0.1, -0.05) is 12.1 Å². The molecular weight excluding hydrogens is 302 g/mol. The maximum Gasteiger partial charge on any atom is 0.335 e. The minimum atomic E-state index is -1.03. The summed E-state index contributed by atoms with van der Waals surface area (Å²) in [6, 6.07) is 11.8. The van der Waals surface area contributed by atoms with Crippen LogP contribution in [0.25, 0.3) is 17.1 Å². The van der Waals surface area contributed by atoms with E-state index >= 15 is 0 Å². The molecule has 0 radical (unpaired) electrons. The molecule has 0 aliphatic rings. The molecule has 0 atom stereocenters. The number of carboxylic acid groups (broad SMARTS) is 1. The topological polar surface area (TPSA) is 124 Å². The number of aromatic carboxylic acids is 1. The first-order valence-corrected chi connectivity index (χ1v) is 6.43. The molecule has 0 aliphatic carbocycles. The Bertz CT molecular complexity index is 888. The Balaban J connectivity index is 1.92. The summed E-state index contributed by atoms with van der Waals surface area (Å²) in [5, 5.41) is 31.5. The lowest BCUT2D eigenvalue weighted by molar-refractivity contribution is -0.384. The SMILES string of the molecule is O=C(O)c1ccc(-n2nnc(-c3cccc([N+](=O)[O-])c3)n2)cc1. The number of nitro benzene ring substituents is 1. The van der Waals surface area contributed by atoms with Crippen molar-refractivity contribution in [3.8, 4) is 17.1 Å². The first-order chi connectivity index (χ1) is 11.0. The fourth-order valence-electron chi connectivity index (χ4n) is 1.94. The zero-order chi connectivity index (χ0) is 16.4. The fourth-order valence-corrected chi connectivity index (χ4v) is 1.94. The highest BCUT2D eigenvalue weighted by Gasteiger charge is 2.12. The van der Waals surface area contributed by atoms with E-state index in [4.69, 9.17) is 5.11 Å². The van der Waals surface area contributed by atoms with E-state index in [0.29, 0.717) is 11.3 Å². The summed E-state index contributed by atoms with van der Waals surface area (Å²) in [6.45, 7) is 0. The van der Waals surface area contributed by atoms with Crippen molar-refractivity contribution in [1.29, 1.82) is 0 Å². The first-order valence-electron chi connectivity index (χ1n) is 6.43. The highest BCUT2D eigenvalue weighted by atomic mass is 16.6. The zero-order valence-corrected chi connectivity index (χ0v) is 11.5. The van der Waals surface area contributed by atoms with E-state index in [1.165, 1.54) is 35.1 Å². The fraction of sp³-hybridized carbons (Fsp3) is 0. The van der Waals surface area contributed by atoms with Gasteiger partial charge in [-0.2, -0.15) is 0 Å². The van der Waals surface area contributed by atoms with Crippen molar-refractivity contribution in [3.05, 3.63) is 64.2 Å². The largest absolute Gasteiger partial charge is 0.478 e. The van der Waals surface area contributed by atoms with Gasteiger partial charge in [-0.25, -0.2) is 4.79 Å². The van der Waals surface area contributed by atoms with Crippen LogP contribution in [0, 0.1) is 10.1 Å². The third-order valence-electron chi connectivity index (χ3n) is 3.07. The number of hydrogen-bond acceptors (Lipinski definition) is 6. The number of benzene rings is 2. The molecule has 9 heteroatoms. The highest BCUT2D eigenvalue weighted by molar-refractivity contribution is 5.87. The van der Waals surface area contributed by atoms with Crippen LogP contribution in [-0.4, -0.2) is 36.2 Å². The van der Waals surface area contributed by atoms with Crippen molar-refractivity contribution in [1.82, 2.24) is 20.2 Å². The Kier molecular flexibility index (Phi) is 3.51. The quantitative estimate of drug-likeness (QED) is 0.576. The predicted octanol–water partition coefficient (Wildman–Crippen LogP) is 1.94. The lowest BCUT2D eigenvalue weighted by atomic mass is 10.2. The Morgan fingerprint density at radius 3 is 2.57 bits per heavy atom. The van der Waals surface area contributed by atoms with E-state index in [1.807, 2.05) is 0 Å². The van der Waals surface area contributed by atoms with Crippen LogP contribution in [0.2, 0.25) is 0 Å². The molecule has 1 heterocycles. The van der Waals surface area contributed by atoms with Crippen molar-refractivity contribution in [2.75, 3.05) is 0 Å². The smallest absolute Gasteiger partial charge is 0.335 e. The van der Waals surface area contributed by atoms with Gasteiger partial charge in [0.1, 0.15) is 0 Å². The molecule has 0 aliphatic heterocycles. The van der Waals surface area contributed by atoms with Crippen molar-refractivity contribution < 1.29 is 14.8 Å². The zero-order valence-electron chi connectivity index (χ0n) is 11.5. The van der Waals surface area contributed by atoms with Crippen molar-refractivity contribution in [3.63, 3.8) is 0 Å². The number of aromatic nitrogens is 4. The Hall–Kier alpha value is -3.62. The molecule has 0 spiro atoms. The van der Waals surface area contributed by atoms with Gasteiger partial charge >= 0.3 is 5.97 Å². The Morgan fingerprint density at radius 2 is 1.91 bits per heavy atom. The summed E-state index contributed by atoms with van der Waals surface area (Å²) in [5.74, 6) is -0.795. The van der Waals surface area contributed by atoms with Crippen LogP contribution in [-0.2, 0) is 0 Å². The summed E-state index contributed by atoms with van der Waals surface area (Å²) < 4.78 is 0. The van der Waals surface area contributed by atoms with Gasteiger partial charge in [0.05, 0.1) is 16.2 Å². The molecule has 0 saturated carbocycles. The number of non-ortho nitro benzene ring substituents is 1. The summed E-state index contributed by atoms with van der Waals surface area (Å²) in [6.07, 6.45) is 0. The molecule has 0 amide bonds. The van der Waals surface area contributed by atoms with E-state index in [-0.39, 0.29) is 17.1 Å². The Labute approximate surface area is 129 Å². The van der Waals surface area contributed by atoms with Crippen LogP contribution in [0.15, 0.2) is 48.5 Å². The third kappa shape index (κ3) is 2.88. The maximum absolute atomic E-state index is 10.8. The lowest BCUT2D eigenvalue weighted by Gasteiger charge is -1.99. The van der Waals surface area contributed by atoms with E-state index in [2.05, 4.69) is 15.4 Å². The van der Waals surface area contributed by atoms with Gasteiger partial charge in [0, 0.05) is 17.7 Å². The molecule has 0 unspecified atom stereocenters. The lowest BCUT2D eigenvalue weighted by Crippen LogP contribution is -2.01. The molecule has 0 saturated heterocycles. The second-order valence-electron chi connectivity index (χ2n) is 4.56. The number of nitro groups is 1. The van der Waals surface area contributed by atoms with E-state index in [0.717, 1.165) is 0 Å². The molecule has 9 nitrogen and oxygen atoms in total. The van der Waals surface area contributed by atoms with Gasteiger partial charge in [-0.15, -0.1) is 15.0 Å². The molecule has 114 valence electrons. The minimum absolute atomic E-state index is 0.0651. The number of hydrogen-bond donors (Lipinski definition) is 1. The molecule has 2 aromatic carbocycles. The number of carbonyl (C=O) groups is 1. The summed E-state index contributed by atoms with van der Waals surface area (Å²) in [7, 11) is 0. The average molecular weight is 311 g/mol. The molecular formula is C14H9N5O4.